The fourth-order valence-corrected chi connectivity index (χ4v) is 2.61. The van der Waals surface area contributed by atoms with Gasteiger partial charge in [0, 0.05) is 10.6 Å². The molecule has 88 valence electrons. The third kappa shape index (κ3) is 2.66. The van der Waals surface area contributed by atoms with Gasteiger partial charge >= 0.3 is 0 Å². The fourth-order valence-electron chi connectivity index (χ4n) is 1.59. The molecular formula is C12H10ClNO2S. The molecule has 0 aromatic heterocycles. The van der Waals surface area contributed by atoms with Crippen LogP contribution in [-0.4, -0.2) is 8.42 Å². The van der Waals surface area contributed by atoms with Crippen LogP contribution in [0.3, 0.4) is 0 Å². The number of hydrogen-bond donors (Lipinski definition) is 1. The van der Waals surface area contributed by atoms with Gasteiger partial charge < -0.3 is 0 Å². The number of primary sulfonamides is 1. The van der Waals surface area contributed by atoms with Crippen LogP contribution in [0.25, 0.3) is 11.1 Å². The van der Waals surface area contributed by atoms with E-state index in [1.165, 1.54) is 6.07 Å². The molecule has 0 amide bonds. The van der Waals surface area contributed by atoms with Gasteiger partial charge in [-0.2, -0.15) is 0 Å². The molecule has 0 heterocycles. The van der Waals surface area contributed by atoms with Crippen LogP contribution in [0.4, 0.5) is 0 Å². The molecule has 2 aromatic rings. The second kappa shape index (κ2) is 4.49. The van der Waals surface area contributed by atoms with Crippen LogP contribution in [0.2, 0.25) is 5.02 Å². The summed E-state index contributed by atoms with van der Waals surface area (Å²) in [7, 11) is -3.79. The van der Waals surface area contributed by atoms with Gasteiger partial charge in [0.05, 0.1) is 4.90 Å². The van der Waals surface area contributed by atoms with E-state index >= 15 is 0 Å². The SMILES string of the molecule is NS(=O)(=O)c1cc(Cl)ccc1-c1ccccc1. The van der Waals surface area contributed by atoms with Gasteiger partial charge in [0.15, 0.2) is 0 Å². The molecule has 17 heavy (non-hydrogen) atoms. The fraction of sp³-hybridized carbons (Fsp3) is 0. The van der Waals surface area contributed by atoms with E-state index in [9.17, 15) is 8.42 Å². The second-order valence-corrected chi connectivity index (χ2v) is 5.52. The van der Waals surface area contributed by atoms with Crippen molar-refractivity contribution < 1.29 is 8.42 Å². The van der Waals surface area contributed by atoms with E-state index < -0.39 is 10.0 Å². The standard InChI is InChI=1S/C12H10ClNO2S/c13-10-6-7-11(9-4-2-1-3-5-9)12(8-10)17(14,15)16/h1-8H,(H2,14,15,16). The van der Waals surface area contributed by atoms with Crippen molar-refractivity contribution in [3.8, 4) is 11.1 Å². The highest BCUT2D eigenvalue weighted by Crippen LogP contribution is 2.28. The van der Waals surface area contributed by atoms with Gasteiger partial charge in [-0.1, -0.05) is 48.0 Å². The lowest BCUT2D eigenvalue weighted by atomic mass is 10.1. The summed E-state index contributed by atoms with van der Waals surface area (Å²) >= 11 is 5.79. The van der Waals surface area contributed by atoms with Gasteiger partial charge in [-0.05, 0) is 17.7 Å². The summed E-state index contributed by atoms with van der Waals surface area (Å²) in [6.45, 7) is 0. The first kappa shape index (κ1) is 12.1. The number of halogens is 1. The normalized spacial score (nSPS) is 11.4. The monoisotopic (exact) mass is 267 g/mol. The van der Waals surface area contributed by atoms with Crippen LogP contribution >= 0.6 is 11.6 Å². The zero-order chi connectivity index (χ0) is 12.5. The second-order valence-electron chi connectivity index (χ2n) is 3.55. The molecule has 0 atom stereocenters. The van der Waals surface area contributed by atoms with Crippen molar-refractivity contribution in [3.63, 3.8) is 0 Å². The Morgan fingerprint density at radius 2 is 1.65 bits per heavy atom. The van der Waals surface area contributed by atoms with Crippen molar-refractivity contribution in [2.24, 2.45) is 5.14 Å². The average molecular weight is 268 g/mol. The lowest BCUT2D eigenvalue weighted by Crippen LogP contribution is -2.13. The smallest absolute Gasteiger partial charge is 0.225 e. The third-order valence-corrected chi connectivity index (χ3v) is 3.52. The van der Waals surface area contributed by atoms with Crippen LogP contribution in [0.5, 0.6) is 0 Å². The molecule has 0 fully saturated rings. The molecule has 0 aliphatic carbocycles. The summed E-state index contributed by atoms with van der Waals surface area (Å²) < 4.78 is 23.0. The third-order valence-electron chi connectivity index (χ3n) is 2.33. The van der Waals surface area contributed by atoms with Crippen molar-refractivity contribution in [1.29, 1.82) is 0 Å². The minimum atomic E-state index is -3.79. The minimum absolute atomic E-state index is 0.0381. The molecule has 0 radical (unpaired) electrons. The zero-order valence-corrected chi connectivity index (χ0v) is 10.4. The van der Waals surface area contributed by atoms with Gasteiger partial charge in [0.1, 0.15) is 0 Å². The Labute approximate surface area is 105 Å². The average Bonchev–Trinajstić information content (AvgIpc) is 2.29. The van der Waals surface area contributed by atoms with Crippen LogP contribution in [0.15, 0.2) is 53.4 Å². The Bertz CT molecular complexity index is 639. The lowest BCUT2D eigenvalue weighted by molar-refractivity contribution is 0.598. The summed E-state index contributed by atoms with van der Waals surface area (Å²) in [6, 6.07) is 13.8. The molecule has 3 nitrogen and oxygen atoms in total. The summed E-state index contributed by atoms with van der Waals surface area (Å²) in [4.78, 5) is 0.0381. The highest BCUT2D eigenvalue weighted by molar-refractivity contribution is 7.89. The molecular weight excluding hydrogens is 258 g/mol. The predicted octanol–water partition coefficient (Wildman–Crippen LogP) is 2.65. The quantitative estimate of drug-likeness (QED) is 0.909. The minimum Gasteiger partial charge on any atom is -0.225 e. The molecule has 0 saturated heterocycles. The molecule has 0 bridgehead atoms. The Kier molecular flexibility index (Phi) is 3.19. The summed E-state index contributed by atoms with van der Waals surface area (Å²) in [5, 5.41) is 5.52. The summed E-state index contributed by atoms with van der Waals surface area (Å²) in [5.41, 5.74) is 1.34. The largest absolute Gasteiger partial charge is 0.238 e. The molecule has 2 rings (SSSR count). The molecule has 0 saturated carbocycles. The van der Waals surface area contributed by atoms with E-state index in [-0.39, 0.29) is 4.90 Å². The maximum Gasteiger partial charge on any atom is 0.238 e. The summed E-state index contributed by atoms with van der Waals surface area (Å²) in [6.07, 6.45) is 0. The Balaban J connectivity index is 2.71. The molecule has 0 aliphatic rings. The maximum absolute atomic E-state index is 11.5. The molecule has 2 aromatic carbocycles. The maximum atomic E-state index is 11.5. The first-order valence-electron chi connectivity index (χ1n) is 4.86. The van der Waals surface area contributed by atoms with E-state index in [2.05, 4.69) is 0 Å². The number of sulfonamides is 1. The van der Waals surface area contributed by atoms with E-state index in [1.807, 2.05) is 30.3 Å². The van der Waals surface area contributed by atoms with E-state index in [1.54, 1.807) is 12.1 Å². The number of nitrogens with two attached hydrogens (primary N) is 1. The number of hydrogen-bond acceptors (Lipinski definition) is 2. The van der Waals surface area contributed by atoms with E-state index in [4.69, 9.17) is 16.7 Å². The van der Waals surface area contributed by atoms with Crippen LogP contribution in [-0.2, 0) is 10.0 Å². The van der Waals surface area contributed by atoms with Crippen molar-refractivity contribution in [1.82, 2.24) is 0 Å². The van der Waals surface area contributed by atoms with Crippen LogP contribution < -0.4 is 5.14 Å². The lowest BCUT2D eigenvalue weighted by Gasteiger charge is -2.08. The topological polar surface area (TPSA) is 60.2 Å². The Morgan fingerprint density at radius 3 is 2.24 bits per heavy atom. The van der Waals surface area contributed by atoms with E-state index in [0.29, 0.717) is 10.6 Å². The van der Waals surface area contributed by atoms with Gasteiger partial charge in [-0.3, -0.25) is 0 Å². The van der Waals surface area contributed by atoms with Crippen molar-refractivity contribution in [2.75, 3.05) is 0 Å². The number of benzene rings is 2. The van der Waals surface area contributed by atoms with Crippen LogP contribution in [0, 0.1) is 0 Å². The Hall–Kier alpha value is -1.36. The molecule has 0 aliphatic heterocycles. The first-order valence-corrected chi connectivity index (χ1v) is 6.79. The first-order chi connectivity index (χ1) is 7.98. The highest BCUT2D eigenvalue weighted by Gasteiger charge is 2.15. The Morgan fingerprint density at radius 1 is 1.00 bits per heavy atom. The molecule has 2 N–H and O–H groups in total. The summed E-state index contributed by atoms with van der Waals surface area (Å²) in [5.74, 6) is 0. The van der Waals surface area contributed by atoms with Crippen molar-refractivity contribution in [2.45, 2.75) is 4.90 Å². The van der Waals surface area contributed by atoms with Crippen molar-refractivity contribution >= 4 is 21.6 Å². The predicted molar refractivity (Wildman–Crippen MR) is 68.3 cm³/mol. The highest BCUT2D eigenvalue weighted by atomic mass is 35.5. The van der Waals surface area contributed by atoms with Gasteiger partial charge in [0.25, 0.3) is 0 Å². The van der Waals surface area contributed by atoms with Crippen LogP contribution in [0.1, 0.15) is 0 Å². The van der Waals surface area contributed by atoms with Gasteiger partial charge in [-0.15, -0.1) is 0 Å². The van der Waals surface area contributed by atoms with Gasteiger partial charge in [-0.25, -0.2) is 13.6 Å². The van der Waals surface area contributed by atoms with E-state index in [0.717, 1.165) is 5.56 Å². The molecule has 0 spiro atoms. The van der Waals surface area contributed by atoms with Gasteiger partial charge in [0.2, 0.25) is 10.0 Å². The number of rotatable bonds is 2. The zero-order valence-electron chi connectivity index (χ0n) is 8.80. The molecule has 0 unspecified atom stereocenters. The molecule has 5 heteroatoms. The van der Waals surface area contributed by atoms with Crippen molar-refractivity contribution in [3.05, 3.63) is 53.6 Å².